The second-order valence-corrected chi connectivity index (χ2v) is 10.8. The highest BCUT2D eigenvalue weighted by molar-refractivity contribution is 7.90. The summed E-state index contributed by atoms with van der Waals surface area (Å²) in [5, 5.41) is 12.5. The largest absolute Gasteiger partial charge is 0.461 e. The molecular formula is C24H30N6O5S2. The number of nitrogens with zero attached hydrogens (tertiary/aromatic N) is 2. The van der Waals surface area contributed by atoms with Crippen LogP contribution < -0.4 is 20.7 Å². The Bertz CT molecular complexity index is 1420. The van der Waals surface area contributed by atoms with Crippen molar-refractivity contribution in [3.63, 3.8) is 0 Å². The van der Waals surface area contributed by atoms with Gasteiger partial charge in [-0.3, -0.25) is 10.2 Å². The van der Waals surface area contributed by atoms with Crippen LogP contribution in [0.4, 0.5) is 5.69 Å². The third kappa shape index (κ3) is 6.74. The maximum Gasteiger partial charge on any atom is 0.357 e. The number of hydrogen-bond donors (Lipinski definition) is 4. The first-order chi connectivity index (χ1) is 17.5. The smallest absolute Gasteiger partial charge is 0.357 e. The molecule has 5 N–H and O–H groups in total. The zero-order valence-electron chi connectivity index (χ0n) is 20.8. The number of fused-ring (bicyclic) bond motifs is 1. The van der Waals surface area contributed by atoms with Gasteiger partial charge in [0.15, 0.2) is 16.7 Å². The van der Waals surface area contributed by atoms with Gasteiger partial charge < -0.3 is 20.7 Å². The molecule has 0 aliphatic carbocycles. The van der Waals surface area contributed by atoms with E-state index < -0.39 is 21.9 Å². The third-order valence-corrected chi connectivity index (χ3v) is 7.66. The minimum Gasteiger partial charge on any atom is -0.461 e. The van der Waals surface area contributed by atoms with Gasteiger partial charge in [0.1, 0.15) is 0 Å². The van der Waals surface area contributed by atoms with Gasteiger partial charge in [-0.1, -0.05) is 18.2 Å². The normalized spacial score (nSPS) is 11.2. The van der Waals surface area contributed by atoms with Crippen LogP contribution in [0.3, 0.4) is 0 Å². The molecular weight excluding hydrogens is 516 g/mol. The lowest BCUT2D eigenvalue weighted by Crippen LogP contribution is -2.31. The number of guanidine groups is 1. The molecule has 198 valence electrons. The molecule has 0 atom stereocenters. The molecule has 0 radical (unpaired) electrons. The standard InChI is InChI=1S/C24H30N6O5S2/c1-4-35-23(32)17-14-36-22(28-17)21(31)29-37(33,34)19-12-11-15(8-5-6-13-27-24(25)26)20-16(19)9-7-10-18(20)30(2)3/h7,9-12,14H,4-6,8,13H2,1-3H3,(H,29,31)(H4,25,26,27). The summed E-state index contributed by atoms with van der Waals surface area (Å²) in [5.74, 6) is -1.69. The highest BCUT2D eigenvalue weighted by Gasteiger charge is 2.25. The lowest BCUT2D eigenvalue weighted by atomic mass is 9.98. The average Bonchev–Trinajstić information content (AvgIpc) is 3.33. The number of nitrogens with one attached hydrogen (secondary N) is 3. The molecule has 2 aromatic carbocycles. The number of carbonyl (C=O) groups excluding carboxylic acids is 2. The minimum atomic E-state index is -4.27. The first-order valence-corrected chi connectivity index (χ1v) is 13.9. The quantitative estimate of drug-likeness (QED) is 0.122. The zero-order valence-corrected chi connectivity index (χ0v) is 22.5. The summed E-state index contributed by atoms with van der Waals surface area (Å²) >= 11 is 0.854. The van der Waals surface area contributed by atoms with Gasteiger partial charge in [-0.05, 0) is 43.9 Å². The number of unbranched alkanes of at least 4 members (excludes halogenated alkanes) is 1. The summed E-state index contributed by atoms with van der Waals surface area (Å²) in [5.41, 5.74) is 7.08. The molecule has 3 aromatic rings. The van der Waals surface area contributed by atoms with Crippen LogP contribution in [-0.4, -0.2) is 58.5 Å². The van der Waals surface area contributed by atoms with Gasteiger partial charge in [0.2, 0.25) is 0 Å². The fraction of sp³-hybridized carbons (Fsp3) is 0.333. The second-order valence-electron chi connectivity index (χ2n) is 8.31. The van der Waals surface area contributed by atoms with E-state index in [9.17, 15) is 18.0 Å². The molecule has 13 heteroatoms. The minimum absolute atomic E-state index is 0.0382. The molecule has 1 amide bonds. The number of aryl methyl sites for hydroxylation is 1. The molecule has 0 saturated heterocycles. The van der Waals surface area contributed by atoms with Crippen LogP contribution in [0.15, 0.2) is 40.6 Å². The number of rotatable bonds is 11. The van der Waals surface area contributed by atoms with Crippen molar-refractivity contribution in [1.82, 2.24) is 15.0 Å². The van der Waals surface area contributed by atoms with E-state index >= 15 is 0 Å². The third-order valence-electron chi connectivity index (χ3n) is 5.43. The van der Waals surface area contributed by atoms with Crippen molar-refractivity contribution in [2.75, 3.05) is 32.1 Å². The molecule has 11 nitrogen and oxygen atoms in total. The van der Waals surface area contributed by atoms with Crippen molar-refractivity contribution in [1.29, 1.82) is 5.41 Å². The number of nitrogens with two attached hydrogens (primary N) is 1. The number of anilines is 1. The number of sulfonamides is 1. The fourth-order valence-electron chi connectivity index (χ4n) is 3.81. The molecule has 0 unspecified atom stereocenters. The van der Waals surface area contributed by atoms with E-state index in [1.54, 1.807) is 25.1 Å². The number of amides is 1. The molecule has 1 heterocycles. The van der Waals surface area contributed by atoms with E-state index in [1.807, 2.05) is 25.1 Å². The molecule has 0 saturated carbocycles. The van der Waals surface area contributed by atoms with Crippen LogP contribution in [0.25, 0.3) is 10.8 Å². The maximum absolute atomic E-state index is 13.3. The molecule has 0 fully saturated rings. The number of thiazole rings is 1. The summed E-state index contributed by atoms with van der Waals surface area (Å²) in [7, 11) is -0.515. The van der Waals surface area contributed by atoms with Crippen molar-refractivity contribution in [3.05, 3.63) is 52.0 Å². The van der Waals surface area contributed by atoms with Gasteiger partial charge in [0, 0.05) is 42.5 Å². The Hall–Kier alpha value is -3.71. The lowest BCUT2D eigenvalue weighted by molar-refractivity contribution is 0.0520. The SMILES string of the molecule is CCOC(=O)c1csc(C(=O)NS(=O)(=O)c2ccc(CCCCNC(=N)N)c3c(N(C)C)cccc23)n1. The van der Waals surface area contributed by atoms with E-state index in [-0.39, 0.29) is 28.2 Å². The average molecular weight is 547 g/mol. The molecule has 0 spiro atoms. The van der Waals surface area contributed by atoms with Gasteiger partial charge in [0.05, 0.1) is 11.5 Å². The van der Waals surface area contributed by atoms with Crippen molar-refractivity contribution in [2.24, 2.45) is 5.73 Å². The Morgan fingerprint density at radius 2 is 1.95 bits per heavy atom. The summed E-state index contributed by atoms with van der Waals surface area (Å²) in [6.07, 6.45) is 2.26. The lowest BCUT2D eigenvalue weighted by Gasteiger charge is -2.20. The molecule has 1 aromatic heterocycles. The van der Waals surface area contributed by atoms with E-state index in [4.69, 9.17) is 15.9 Å². The van der Waals surface area contributed by atoms with Gasteiger partial charge in [0.25, 0.3) is 15.9 Å². The molecule has 0 bridgehead atoms. The zero-order chi connectivity index (χ0) is 27.2. The van der Waals surface area contributed by atoms with Gasteiger partial charge in [-0.2, -0.15) is 0 Å². The number of hydrogen-bond acceptors (Lipinski definition) is 9. The van der Waals surface area contributed by atoms with Crippen molar-refractivity contribution >= 4 is 55.7 Å². The first kappa shape index (κ1) is 27.9. The summed E-state index contributed by atoms with van der Waals surface area (Å²) in [4.78, 5) is 30.4. The summed E-state index contributed by atoms with van der Waals surface area (Å²) in [6.45, 7) is 2.37. The van der Waals surface area contributed by atoms with Crippen LogP contribution in [0.1, 0.15) is 45.6 Å². The van der Waals surface area contributed by atoms with Crippen molar-refractivity contribution in [2.45, 2.75) is 31.1 Å². The van der Waals surface area contributed by atoms with Crippen LogP contribution in [0.5, 0.6) is 0 Å². The van der Waals surface area contributed by atoms with Gasteiger partial charge in [-0.25, -0.2) is 22.9 Å². The van der Waals surface area contributed by atoms with Crippen LogP contribution in [-0.2, 0) is 21.2 Å². The topological polar surface area (TPSA) is 168 Å². The number of ether oxygens (including phenoxy) is 1. The number of aromatic nitrogens is 1. The summed E-state index contributed by atoms with van der Waals surface area (Å²) < 4.78 is 33.6. The molecule has 0 aliphatic heterocycles. The van der Waals surface area contributed by atoms with Crippen LogP contribution in [0.2, 0.25) is 0 Å². The number of benzene rings is 2. The Kier molecular flexibility index (Phi) is 9.05. The van der Waals surface area contributed by atoms with E-state index in [1.165, 1.54) is 11.4 Å². The first-order valence-electron chi connectivity index (χ1n) is 11.5. The number of esters is 1. The van der Waals surface area contributed by atoms with E-state index in [2.05, 4.69) is 15.0 Å². The van der Waals surface area contributed by atoms with Crippen LogP contribution in [0, 0.1) is 5.41 Å². The highest BCUT2D eigenvalue weighted by Crippen LogP contribution is 2.34. The Labute approximate surface area is 219 Å². The molecule has 3 rings (SSSR count). The van der Waals surface area contributed by atoms with Gasteiger partial charge >= 0.3 is 5.97 Å². The maximum atomic E-state index is 13.3. The Morgan fingerprint density at radius 3 is 2.62 bits per heavy atom. The van der Waals surface area contributed by atoms with E-state index in [0.29, 0.717) is 18.4 Å². The highest BCUT2D eigenvalue weighted by atomic mass is 32.2. The molecule has 0 aliphatic rings. The predicted molar refractivity (Wildman–Crippen MR) is 144 cm³/mol. The van der Waals surface area contributed by atoms with Crippen molar-refractivity contribution in [3.8, 4) is 0 Å². The fourth-order valence-corrected chi connectivity index (χ4v) is 5.71. The summed E-state index contributed by atoms with van der Waals surface area (Å²) in [6, 6.07) is 8.64. The Balaban J connectivity index is 1.92. The molecule has 37 heavy (non-hydrogen) atoms. The van der Waals surface area contributed by atoms with Crippen LogP contribution >= 0.6 is 11.3 Å². The second kappa shape index (κ2) is 12.0. The van der Waals surface area contributed by atoms with Gasteiger partial charge in [-0.15, -0.1) is 11.3 Å². The van der Waals surface area contributed by atoms with E-state index in [0.717, 1.165) is 40.8 Å². The van der Waals surface area contributed by atoms with Crippen molar-refractivity contribution < 1.29 is 22.7 Å². The Morgan fingerprint density at radius 1 is 1.19 bits per heavy atom. The predicted octanol–water partition coefficient (Wildman–Crippen LogP) is 2.46. The monoisotopic (exact) mass is 546 g/mol. The number of carbonyl (C=O) groups is 2.